The minimum absolute atomic E-state index is 0.100. The molecule has 2 aromatic rings. The van der Waals surface area contributed by atoms with Gasteiger partial charge in [-0.2, -0.15) is 0 Å². The van der Waals surface area contributed by atoms with Crippen molar-refractivity contribution in [1.82, 2.24) is 4.57 Å². The highest BCUT2D eigenvalue weighted by atomic mass is 16.3. The predicted octanol–water partition coefficient (Wildman–Crippen LogP) is 3.10. The molecule has 0 saturated heterocycles. The minimum Gasteiger partial charge on any atom is -0.392 e. The summed E-state index contributed by atoms with van der Waals surface area (Å²) in [6, 6.07) is 8.15. The van der Waals surface area contributed by atoms with Crippen LogP contribution in [0.5, 0.6) is 0 Å². The Balaban J connectivity index is 2.34. The van der Waals surface area contributed by atoms with Gasteiger partial charge in [0, 0.05) is 18.3 Å². The molecule has 0 unspecified atom stereocenters. The van der Waals surface area contributed by atoms with E-state index in [4.69, 9.17) is 0 Å². The van der Waals surface area contributed by atoms with Crippen LogP contribution in [0.25, 0.3) is 10.9 Å². The number of nitrogens with zero attached hydrogens (tertiary/aromatic N) is 1. The molecule has 0 radical (unpaired) electrons. The molecule has 1 aromatic heterocycles. The average Bonchev–Trinajstić information content (AvgIpc) is 2.73. The third kappa shape index (κ3) is 2.02. The van der Waals surface area contributed by atoms with Crippen LogP contribution in [0.4, 0.5) is 0 Å². The number of hydrogen-bond acceptors (Lipinski definition) is 1. The van der Waals surface area contributed by atoms with Gasteiger partial charge in [0.1, 0.15) is 0 Å². The molecule has 2 rings (SSSR count). The molecular formula is C14H17NO. The minimum atomic E-state index is 0.100. The third-order valence-electron chi connectivity index (χ3n) is 2.85. The first-order chi connectivity index (χ1) is 7.86. The van der Waals surface area contributed by atoms with Crippen LogP contribution in [0.3, 0.4) is 0 Å². The van der Waals surface area contributed by atoms with Crippen LogP contribution in [0, 0.1) is 0 Å². The summed E-state index contributed by atoms with van der Waals surface area (Å²) in [7, 11) is 0. The zero-order valence-corrected chi connectivity index (χ0v) is 9.39. The van der Waals surface area contributed by atoms with Crippen molar-refractivity contribution < 1.29 is 5.11 Å². The molecule has 0 atom stereocenters. The van der Waals surface area contributed by atoms with Crippen LogP contribution >= 0.6 is 0 Å². The highest BCUT2D eigenvalue weighted by Gasteiger charge is 2.04. The number of benzene rings is 1. The van der Waals surface area contributed by atoms with Gasteiger partial charge in [0.15, 0.2) is 0 Å². The van der Waals surface area contributed by atoms with Gasteiger partial charge in [-0.15, -0.1) is 6.58 Å². The normalized spacial score (nSPS) is 10.8. The van der Waals surface area contributed by atoms with E-state index in [1.165, 1.54) is 5.39 Å². The maximum Gasteiger partial charge on any atom is 0.0702 e. The quantitative estimate of drug-likeness (QED) is 0.601. The topological polar surface area (TPSA) is 25.2 Å². The molecule has 1 N–H and O–H groups in total. The van der Waals surface area contributed by atoms with E-state index in [0.29, 0.717) is 0 Å². The molecule has 0 bridgehead atoms. The van der Waals surface area contributed by atoms with Crippen molar-refractivity contribution in [3.63, 3.8) is 0 Å². The molecule has 0 aliphatic carbocycles. The van der Waals surface area contributed by atoms with Crippen LogP contribution in [-0.4, -0.2) is 9.67 Å². The van der Waals surface area contributed by atoms with Gasteiger partial charge in [-0.1, -0.05) is 24.3 Å². The molecule has 16 heavy (non-hydrogen) atoms. The van der Waals surface area contributed by atoms with Gasteiger partial charge in [0.2, 0.25) is 0 Å². The first kappa shape index (κ1) is 11.0. The van der Waals surface area contributed by atoms with Crippen molar-refractivity contribution in [2.75, 3.05) is 0 Å². The fraction of sp³-hybridized carbons (Fsp3) is 0.286. The Kier molecular flexibility index (Phi) is 3.42. The highest BCUT2D eigenvalue weighted by molar-refractivity contribution is 5.83. The van der Waals surface area contributed by atoms with Crippen molar-refractivity contribution in [2.45, 2.75) is 26.0 Å². The molecule has 0 spiro atoms. The zero-order valence-electron chi connectivity index (χ0n) is 9.39. The van der Waals surface area contributed by atoms with Crippen LogP contribution in [0.1, 0.15) is 18.4 Å². The zero-order chi connectivity index (χ0) is 11.4. The van der Waals surface area contributed by atoms with Crippen molar-refractivity contribution in [3.05, 3.63) is 48.7 Å². The van der Waals surface area contributed by atoms with Crippen LogP contribution < -0.4 is 0 Å². The van der Waals surface area contributed by atoms with Crippen molar-refractivity contribution in [1.29, 1.82) is 0 Å². The van der Waals surface area contributed by atoms with E-state index in [0.717, 1.165) is 30.5 Å². The lowest BCUT2D eigenvalue weighted by Crippen LogP contribution is -1.98. The number of rotatable bonds is 5. The fourth-order valence-electron chi connectivity index (χ4n) is 2.06. The number of aryl methyl sites for hydroxylation is 1. The third-order valence-corrected chi connectivity index (χ3v) is 2.85. The number of unbranched alkanes of at least 4 members (excludes halogenated alkanes) is 1. The van der Waals surface area contributed by atoms with Crippen molar-refractivity contribution in [3.8, 4) is 0 Å². The Labute approximate surface area is 95.8 Å². The maximum atomic E-state index is 9.32. The van der Waals surface area contributed by atoms with Gasteiger partial charge in [0.05, 0.1) is 12.1 Å². The van der Waals surface area contributed by atoms with E-state index in [1.807, 2.05) is 18.2 Å². The number of aromatic nitrogens is 1. The lowest BCUT2D eigenvalue weighted by atomic mass is 10.1. The van der Waals surface area contributed by atoms with Crippen molar-refractivity contribution in [2.24, 2.45) is 0 Å². The molecule has 84 valence electrons. The van der Waals surface area contributed by atoms with Gasteiger partial charge in [-0.25, -0.2) is 0 Å². The second kappa shape index (κ2) is 4.99. The smallest absolute Gasteiger partial charge is 0.0702 e. The molecule has 0 aliphatic rings. The van der Waals surface area contributed by atoms with Gasteiger partial charge >= 0.3 is 0 Å². The van der Waals surface area contributed by atoms with Crippen LogP contribution in [0.15, 0.2) is 43.1 Å². The van der Waals surface area contributed by atoms with Gasteiger partial charge in [0.25, 0.3) is 0 Å². The van der Waals surface area contributed by atoms with E-state index in [1.54, 1.807) is 0 Å². The molecule has 2 nitrogen and oxygen atoms in total. The summed E-state index contributed by atoms with van der Waals surface area (Å²) in [4.78, 5) is 0. The lowest BCUT2D eigenvalue weighted by Gasteiger charge is -2.07. The molecule has 0 amide bonds. The number of aliphatic hydroxyl groups is 1. The Morgan fingerprint density at radius 3 is 2.94 bits per heavy atom. The molecule has 0 fully saturated rings. The molecule has 0 saturated carbocycles. The van der Waals surface area contributed by atoms with E-state index < -0.39 is 0 Å². The molecular weight excluding hydrogens is 198 g/mol. The van der Waals surface area contributed by atoms with E-state index in [2.05, 4.69) is 29.5 Å². The Morgan fingerprint density at radius 2 is 2.19 bits per heavy atom. The van der Waals surface area contributed by atoms with Gasteiger partial charge in [-0.05, 0) is 24.3 Å². The maximum absolute atomic E-state index is 9.32. The Morgan fingerprint density at radius 1 is 1.31 bits per heavy atom. The standard InChI is InChI=1S/C14H17NO/c1-2-3-4-9-15-10-8-12-6-5-7-13(11-16)14(12)15/h2,5-8,10,16H,1,3-4,9,11H2. The molecule has 1 heterocycles. The summed E-state index contributed by atoms with van der Waals surface area (Å²) in [5, 5.41) is 10.5. The summed E-state index contributed by atoms with van der Waals surface area (Å²) in [5.74, 6) is 0. The second-order valence-corrected chi connectivity index (χ2v) is 3.95. The average molecular weight is 215 g/mol. The Bertz CT molecular complexity index is 484. The monoisotopic (exact) mass is 215 g/mol. The van der Waals surface area contributed by atoms with Crippen molar-refractivity contribution >= 4 is 10.9 Å². The summed E-state index contributed by atoms with van der Waals surface area (Å²) < 4.78 is 2.21. The second-order valence-electron chi connectivity index (χ2n) is 3.95. The lowest BCUT2D eigenvalue weighted by molar-refractivity contribution is 0.283. The summed E-state index contributed by atoms with van der Waals surface area (Å²) in [5.41, 5.74) is 2.16. The summed E-state index contributed by atoms with van der Waals surface area (Å²) in [6.45, 7) is 4.81. The SMILES string of the molecule is C=CCCCn1ccc2cccc(CO)c21. The number of hydrogen-bond donors (Lipinski definition) is 1. The largest absolute Gasteiger partial charge is 0.392 e. The first-order valence-corrected chi connectivity index (χ1v) is 5.65. The number of fused-ring (bicyclic) bond motifs is 1. The van der Waals surface area contributed by atoms with Crippen LogP contribution in [0.2, 0.25) is 0 Å². The number of aliphatic hydroxyl groups excluding tert-OH is 1. The number of allylic oxidation sites excluding steroid dienone is 1. The Hall–Kier alpha value is -1.54. The van der Waals surface area contributed by atoms with Gasteiger partial charge < -0.3 is 9.67 Å². The molecule has 1 aromatic carbocycles. The molecule has 2 heteroatoms. The summed E-state index contributed by atoms with van der Waals surface area (Å²) in [6.07, 6.45) is 6.15. The predicted molar refractivity (Wildman–Crippen MR) is 67.3 cm³/mol. The highest BCUT2D eigenvalue weighted by Crippen LogP contribution is 2.20. The van der Waals surface area contributed by atoms with E-state index in [9.17, 15) is 5.11 Å². The van der Waals surface area contributed by atoms with E-state index in [-0.39, 0.29) is 6.61 Å². The summed E-state index contributed by atoms with van der Waals surface area (Å²) >= 11 is 0. The van der Waals surface area contributed by atoms with Crippen LogP contribution in [-0.2, 0) is 13.2 Å². The first-order valence-electron chi connectivity index (χ1n) is 5.65. The van der Waals surface area contributed by atoms with E-state index >= 15 is 0 Å². The fourth-order valence-corrected chi connectivity index (χ4v) is 2.06. The molecule has 0 aliphatic heterocycles. The van der Waals surface area contributed by atoms with Gasteiger partial charge in [-0.3, -0.25) is 0 Å². The number of para-hydroxylation sites is 1.